The van der Waals surface area contributed by atoms with E-state index in [-0.39, 0.29) is 12.8 Å². The number of aliphatic hydroxyl groups is 2. The van der Waals surface area contributed by atoms with Gasteiger partial charge in [-0.05, 0) is 22.6 Å². The number of hydrogen-bond acceptors (Lipinski definition) is 4. The van der Waals surface area contributed by atoms with Crippen molar-refractivity contribution in [3.8, 4) is 21.6 Å². The molecule has 4 nitrogen and oxygen atoms in total. The summed E-state index contributed by atoms with van der Waals surface area (Å²) in [6.07, 6.45) is 1.15. The van der Waals surface area contributed by atoms with Gasteiger partial charge in [-0.2, -0.15) is 0 Å². The van der Waals surface area contributed by atoms with E-state index in [4.69, 9.17) is 5.11 Å². The van der Waals surface area contributed by atoms with Crippen molar-refractivity contribution >= 4 is 23.4 Å². The maximum Gasteiger partial charge on any atom is 0.305 e. The first-order valence-electron chi connectivity index (χ1n) is 10.4. The van der Waals surface area contributed by atoms with Gasteiger partial charge in [-0.25, -0.2) is 0 Å². The molecule has 0 saturated carbocycles. The molecule has 2 aromatic carbocycles. The summed E-state index contributed by atoms with van der Waals surface area (Å²) in [6.45, 7) is 4.31. The molecule has 0 saturated heterocycles. The lowest BCUT2D eigenvalue weighted by Crippen LogP contribution is -2.19. The normalized spacial score (nSPS) is 13.6. The molecule has 0 aliphatic heterocycles. The number of benzene rings is 2. The van der Waals surface area contributed by atoms with Crippen molar-refractivity contribution in [2.24, 2.45) is 0 Å². The topological polar surface area (TPSA) is 77.8 Å². The summed E-state index contributed by atoms with van der Waals surface area (Å²) in [4.78, 5) is 13.2. The Bertz CT molecular complexity index is 1020. The van der Waals surface area contributed by atoms with Gasteiger partial charge in [0.2, 0.25) is 0 Å². The van der Waals surface area contributed by atoms with E-state index in [1.807, 2.05) is 42.5 Å². The van der Waals surface area contributed by atoms with E-state index >= 15 is 0 Å². The number of rotatable bonds is 9. The van der Waals surface area contributed by atoms with Gasteiger partial charge in [0.25, 0.3) is 0 Å². The fourth-order valence-corrected chi connectivity index (χ4v) is 4.91. The van der Waals surface area contributed by atoms with Crippen LogP contribution in [-0.2, 0) is 4.79 Å². The third kappa shape index (κ3) is 5.91. The molecular weight excluding hydrogens is 408 g/mol. The maximum absolute atomic E-state index is 10.8. The summed E-state index contributed by atoms with van der Waals surface area (Å²) >= 11 is 1.76. The van der Waals surface area contributed by atoms with Crippen LogP contribution in [0.25, 0.3) is 27.6 Å². The van der Waals surface area contributed by atoms with Crippen LogP contribution in [0.3, 0.4) is 0 Å². The Morgan fingerprint density at radius 2 is 1.55 bits per heavy atom. The average molecular weight is 437 g/mol. The van der Waals surface area contributed by atoms with Crippen LogP contribution in [0.2, 0.25) is 0 Å². The van der Waals surface area contributed by atoms with Gasteiger partial charge in [0.15, 0.2) is 0 Å². The first-order valence-corrected chi connectivity index (χ1v) is 11.2. The molecule has 1 aromatic heterocycles. The number of carboxylic acid groups (broad SMARTS) is 1. The van der Waals surface area contributed by atoms with Gasteiger partial charge in [-0.3, -0.25) is 4.79 Å². The van der Waals surface area contributed by atoms with Crippen molar-refractivity contribution in [3.63, 3.8) is 0 Å². The molecule has 162 valence electrons. The van der Waals surface area contributed by atoms with Crippen LogP contribution >= 0.6 is 11.3 Å². The van der Waals surface area contributed by atoms with Crippen LogP contribution in [0.4, 0.5) is 0 Å². The number of aliphatic carboxylic acids is 1. The molecule has 0 spiro atoms. The Morgan fingerprint density at radius 3 is 2.10 bits per heavy atom. The number of aliphatic hydroxyl groups excluding tert-OH is 2. The van der Waals surface area contributed by atoms with E-state index in [2.05, 4.69) is 38.1 Å². The minimum atomic E-state index is -1.09. The lowest BCUT2D eigenvalue weighted by Gasteiger charge is -2.12. The molecule has 0 aliphatic rings. The van der Waals surface area contributed by atoms with Crippen molar-refractivity contribution in [2.45, 2.75) is 44.8 Å². The Kier molecular flexibility index (Phi) is 7.80. The van der Waals surface area contributed by atoms with Crippen LogP contribution in [0, 0.1) is 0 Å². The highest BCUT2D eigenvalue weighted by atomic mass is 32.1. The van der Waals surface area contributed by atoms with E-state index in [0.717, 1.165) is 22.3 Å². The van der Waals surface area contributed by atoms with Gasteiger partial charge in [-0.15, -0.1) is 11.3 Å². The Morgan fingerprint density at radius 1 is 0.968 bits per heavy atom. The second-order valence-corrected chi connectivity index (χ2v) is 8.94. The summed E-state index contributed by atoms with van der Waals surface area (Å²) < 4.78 is 0. The minimum absolute atomic E-state index is 0.0177. The largest absolute Gasteiger partial charge is 0.481 e. The molecule has 3 N–H and O–H groups in total. The highest BCUT2D eigenvalue weighted by molar-refractivity contribution is 7.16. The van der Waals surface area contributed by atoms with Gasteiger partial charge < -0.3 is 15.3 Å². The molecular formula is C26H28O4S. The van der Waals surface area contributed by atoms with Gasteiger partial charge in [0.1, 0.15) is 0 Å². The molecule has 3 rings (SSSR count). The summed E-state index contributed by atoms with van der Waals surface area (Å²) in [5.74, 6) is -0.790. The van der Waals surface area contributed by atoms with E-state index < -0.39 is 18.2 Å². The van der Waals surface area contributed by atoms with Crippen molar-refractivity contribution in [2.75, 3.05) is 0 Å². The molecule has 5 heteroatoms. The van der Waals surface area contributed by atoms with Gasteiger partial charge in [0.05, 0.1) is 18.6 Å². The van der Waals surface area contributed by atoms with Crippen LogP contribution < -0.4 is 0 Å². The molecule has 0 aliphatic carbocycles. The predicted octanol–water partition coefficient (Wildman–Crippen LogP) is 5.81. The predicted molar refractivity (Wildman–Crippen MR) is 127 cm³/mol. The van der Waals surface area contributed by atoms with Crippen molar-refractivity contribution in [1.82, 2.24) is 0 Å². The third-order valence-corrected chi connectivity index (χ3v) is 6.56. The Balaban J connectivity index is 2.06. The van der Waals surface area contributed by atoms with Crippen molar-refractivity contribution in [1.29, 1.82) is 0 Å². The number of carboxylic acids is 1. The molecule has 2 unspecified atom stereocenters. The van der Waals surface area contributed by atoms with E-state index in [0.29, 0.717) is 5.92 Å². The molecule has 0 bridgehead atoms. The molecule has 1 heterocycles. The third-order valence-electron chi connectivity index (χ3n) is 5.01. The molecule has 0 radical (unpaired) electrons. The first kappa shape index (κ1) is 22.9. The summed E-state index contributed by atoms with van der Waals surface area (Å²) in [6, 6.07) is 20.5. The molecule has 0 fully saturated rings. The number of thiophene rings is 1. The van der Waals surface area contributed by atoms with Crippen molar-refractivity contribution < 1.29 is 20.1 Å². The fourth-order valence-electron chi connectivity index (χ4n) is 3.59. The second kappa shape index (κ2) is 10.5. The Labute approximate surface area is 187 Å². The highest BCUT2D eigenvalue weighted by Crippen LogP contribution is 2.46. The average Bonchev–Trinajstić information content (AvgIpc) is 3.12. The van der Waals surface area contributed by atoms with Crippen LogP contribution in [0.5, 0.6) is 0 Å². The SMILES string of the molecule is CC(C)c1sc(-c2ccccc2)c(-c2ccccc2)c1/C=C/C(O)CC(O)CC(=O)O. The molecule has 2 atom stereocenters. The maximum atomic E-state index is 10.8. The van der Waals surface area contributed by atoms with Crippen LogP contribution in [-0.4, -0.2) is 33.5 Å². The standard InChI is InChI=1S/C26H28O4S/c1-17(2)25-22(14-13-20(27)15-21(28)16-23(29)30)24(18-9-5-3-6-10-18)26(31-25)19-11-7-4-8-12-19/h3-14,17,20-21,27-28H,15-16H2,1-2H3,(H,29,30)/b14-13+. The molecule has 0 amide bonds. The van der Waals surface area contributed by atoms with Crippen LogP contribution in [0.1, 0.15) is 43.0 Å². The van der Waals surface area contributed by atoms with Crippen LogP contribution in [0.15, 0.2) is 66.7 Å². The quantitative estimate of drug-likeness (QED) is 0.396. The van der Waals surface area contributed by atoms with E-state index in [1.54, 1.807) is 17.4 Å². The van der Waals surface area contributed by atoms with Gasteiger partial charge in [-0.1, -0.05) is 86.7 Å². The zero-order valence-corrected chi connectivity index (χ0v) is 18.5. The van der Waals surface area contributed by atoms with Gasteiger partial charge >= 0.3 is 5.97 Å². The summed E-state index contributed by atoms with van der Waals surface area (Å²) in [7, 11) is 0. The smallest absolute Gasteiger partial charge is 0.305 e. The van der Waals surface area contributed by atoms with Crippen molar-refractivity contribution in [3.05, 3.63) is 77.2 Å². The zero-order valence-electron chi connectivity index (χ0n) is 17.7. The lowest BCUT2D eigenvalue weighted by molar-refractivity contribution is -0.139. The summed E-state index contributed by atoms with van der Waals surface area (Å²) in [5, 5.41) is 29.0. The second-order valence-electron chi connectivity index (χ2n) is 7.88. The monoisotopic (exact) mass is 436 g/mol. The Hall–Kier alpha value is -2.73. The van der Waals surface area contributed by atoms with E-state index in [1.165, 1.54) is 9.75 Å². The molecule has 3 aromatic rings. The number of carbonyl (C=O) groups is 1. The first-order chi connectivity index (χ1) is 14.9. The molecule has 31 heavy (non-hydrogen) atoms. The highest BCUT2D eigenvalue weighted by Gasteiger charge is 2.21. The fraction of sp³-hybridized carbons (Fsp3) is 0.269. The van der Waals surface area contributed by atoms with Gasteiger partial charge in [0, 0.05) is 21.7 Å². The zero-order chi connectivity index (χ0) is 22.4. The minimum Gasteiger partial charge on any atom is -0.481 e. The number of hydrogen-bond donors (Lipinski definition) is 3. The summed E-state index contributed by atoms with van der Waals surface area (Å²) in [5.41, 5.74) is 4.42. The lowest BCUT2D eigenvalue weighted by atomic mass is 9.94. The van der Waals surface area contributed by atoms with E-state index in [9.17, 15) is 15.0 Å².